The van der Waals surface area contributed by atoms with E-state index in [1.807, 2.05) is 0 Å². The molecule has 3 aliphatic heterocycles. The average molecular weight is 267 g/mol. The van der Waals surface area contributed by atoms with Crippen LogP contribution in [0.25, 0.3) is 0 Å². The second-order valence-electron chi connectivity index (χ2n) is 6.47. The number of rotatable bonds is 2. The molecule has 0 aromatic heterocycles. The standard InChI is InChI=1S/C14H25N3O2/c18-13-2-1-11-9-17(8-3-12(11)16-13)10-14(19)4-6-15-7-5-14/h11-12,15,19H,1-10H2,(H,16,18). The Bertz CT molecular complexity index is 342. The van der Waals surface area contributed by atoms with E-state index in [0.717, 1.165) is 58.4 Å². The Kier molecular flexibility index (Phi) is 3.78. The lowest BCUT2D eigenvalue weighted by atomic mass is 9.84. The number of nitrogens with one attached hydrogen (secondary N) is 2. The first-order chi connectivity index (χ1) is 9.15. The van der Waals surface area contributed by atoms with Gasteiger partial charge in [0.2, 0.25) is 5.91 Å². The molecule has 5 heteroatoms. The number of carbonyl (C=O) groups excluding carboxylic acids is 1. The third kappa shape index (κ3) is 3.09. The van der Waals surface area contributed by atoms with E-state index in [4.69, 9.17) is 0 Å². The summed E-state index contributed by atoms with van der Waals surface area (Å²) in [4.78, 5) is 13.8. The SMILES string of the molecule is O=C1CCC2CN(CC3(O)CCNCC3)CCC2N1. The maximum atomic E-state index is 11.4. The summed E-state index contributed by atoms with van der Waals surface area (Å²) in [5.41, 5.74) is -0.504. The normalized spacial score (nSPS) is 35.5. The molecule has 3 aliphatic rings. The van der Waals surface area contributed by atoms with Crippen molar-refractivity contribution >= 4 is 5.91 Å². The Morgan fingerprint density at radius 3 is 2.89 bits per heavy atom. The summed E-state index contributed by atoms with van der Waals surface area (Å²) in [5, 5.41) is 17.0. The topological polar surface area (TPSA) is 64.6 Å². The number of amides is 1. The van der Waals surface area contributed by atoms with Crippen molar-refractivity contribution in [3.8, 4) is 0 Å². The first-order valence-electron chi connectivity index (χ1n) is 7.59. The van der Waals surface area contributed by atoms with Crippen molar-refractivity contribution in [3.63, 3.8) is 0 Å². The van der Waals surface area contributed by atoms with E-state index in [2.05, 4.69) is 15.5 Å². The number of hydrogen-bond acceptors (Lipinski definition) is 4. The molecule has 5 nitrogen and oxygen atoms in total. The third-order valence-electron chi connectivity index (χ3n) is 4.96. The number of piperidine rings is 3. The van der Waals surface area contributed by atoms with Crippen LogP contribution in [0.5, 0.6) is 0 Å². The van der Waals surface area contributed by atoms with Crippen molar-refractivity contribution in [2.45, 2.75) is 43.7 Å². The number of aliphatic hydroxyl groups is 1. The molecular weight excluding hydrogens is 242 g/mol. The van der Waals surface area contributed by atoms with Crippen molar-refractivity contribution in [1.82, 2.24) is 15.5 Å². The van der Waals surface area contributed by atoms with Crippen molar-refractivity contribution in [2.24, 2.45) is 5.92 Å². The summed E-state index contributed by atoms with van der Waals surface area (Å²) in [6.45, 7) is 4.67. The molecule has 3 heterocycles. The average Bonchev–Trinajstić information content (AvgIpc) is 2.39. The molecule has 0 bridgehead atoms. The zero-order valence-corrected chi connectivity index (χ0v) is 11.5. The van der Waals surface area contributed by atoms with E-state index in [9.17, 15) is 9.90 Å². The maximum Gasteiger partial charge on any atom is 0.220 e. The number of nitrogens with zero attached hydrogens (tertiary/aromatic N) is 1. The minimum absolute atomic E-state index is 0.215. The van der Waals surface area contributed by atoms with Gasteiger partial charge in [-0.25, -0.2) is 0 Å². The molecule has 2 unspecified atom stereocenters. The highest BCUT2D eigenvalue weighted by Gasteiger charge is 2.37. The third-order valence-corrected chi connectivity index (χ3v) is 4.96. The summed E-state index contributed by atoms with van der Waals surface area (Å²) < 4.78 is 0. The molecule has 3 fully saturated rings. The fraction of sp³-hybridized carbons (Fsp3) is 0.929. The fourth-order valence-corrected chi connectivity index (χ4v) is 3.80. The highest BCUT2D eigenvalue weighted by Crippen LogP contribution is 2.28. The molecule has 0 spiro atoms. The Hall–Kier alpha value is -0.650. The maximum absolute atomic E-state index is 11.4. The predicted octanol–water partition coefficient (Wildman–Crippen LogP) is -0.299. The van der Waals surface area contributed by atoms with Gasteiger partial charge >= 0.3 is 0 Å². The van der Waals surface area contributed by atoms with Gasteiger partial charge in [-0.15, -0.1) is 0 Å². The summed E-state index contributed by atoms with van der Waals surface area (Å²) in [6.07, 6.45) is 4.42. The number of fused-ring (bicyclic) bond motifs is 1. The minimum Gasteiger partial charge on any atom is -0.388 e. The largest absolute Gasteiger partial charge is 0.388 e. The van der Waals surface area contributed by atoms with E-state index >= 15 is 0 Å². The van der Waals surface area contributed by atoms with Crippen LogP contribution >= 0.6 is 0 Å². The number of likely N-dealkylation sites (tertiary alicyclic amines) is 1. The molecule has 0 saturated carbocycles. The lowest BCUT2D eigenvalue weighted by Gasteiger charge is -2.44. The molecule has 3 rings (SSSR count). The molecule has 0 aromatic rings. The molecule has 0 aromatic carbocycles. The molecule has 3 saturated heterocycles. The van der Waals surface area contributed by atoms with Crippen LogP contribution in [0.1, 0.15) is 32.1 Å². The van der Waals surface area contributed by atoms with Gasteiger partial charge in [-0.05, 0) is 44.7 Å². The van der Waals surface area contributed by atoms with Crippen LogP contribution < -0.4 is 10.6 Å². The Morgan fingerprint density at radius 2 is 2.11 bits per heavy atom. The first kappa shape index (κ1) is 13.3. The Labute approximate surface area is 114 Å². The van der Waals surface area contributed by atoms with Crippen molar-refractivity contribution in [3.05, 3.63) is 0 Å². The van der Waals surface area contributed by atoms with Gasteiger partial charge in [0.25, 0.3) is 0 Å². The second kappa shape index (κ2) is 5.38. The predicted molar refractivity (Wildman–Crippen MR) is 72.8 cm³/mol. The van der Waals surface area contributed by atoms with Crippen LogP contribution in [-0.2, 0) is 4.79 Å². The van der Waals surface area contributed by atoms with Crippen LogP contribution in [0.2, 0.25) is 0 Å². The molecule has 1 amide bonds. The molecule has 0 aliphatic carbocycles. The molecule has 19 heavy (non-hydrogen) atoms. The zero-order chi connectivity index (χ0) is 13.3. The summed E-state index contributed by atoms with van der Waals surface area (Å²) in [5.74, 6) is 0.795. The van der Waals surface area contributed by atoms with Gasteiger partial charge < -0.3 is 20.6 Å². The van der Waals surface area contributed by atoms with Crippen molar-refractivity contribution in [2.75, 3.05) is 32.7 Å². The van der Waals surface area contributed by atoms with Crippen molar-refractivity contribution in [1.29, 1.82) is 0 Å². The quantitative estimate of drug-likeness (QED) is 0.643. The van der Waals surface area contributed by atoms with E-state index in [1.54, 1.807) is 0 Å². The van der Waals surface area contributed by atoms with E-state index in [1.165, 1.54) is 0 Å². The second-order valence-corrected chi connectivity index (χ2v) is 6.47. The van der Waals surface area contributed by atoms with Crippen LogP contribution in [0.15, 0.2) is 0 Å². The minimum atomic E-state index is -0.504. The zero-order valence-electron chi connectivity index (χ0n) is 11.5. The highest BCUT2D eigenvalue weighted by molar-refractivity contribution is 5.77. The molecule has 0 radical (unpaired) electrons. The van der Waals surface area contributed by atoms with Crippen LogP contribution in [0.4, 0.5) is 0 Å². The smallest absolute Gasteiger partial charge is 0.220 e. The summed E-state index contributed by atoms with van der Waals surface area (Å²) in [6, 6.07) is 0.375. The lowest BCUT2D eigenvalue weighted by molar-refractivity contribution is -0.125. The summed E-state index contributed by atoms with van der Waals surface area (Å²) >= 11 is 0. The van der Waals surface area contributed by atoms with Gasteiger partial charge in [0, 0.05) is 32.1 Å². The Balaban J connectivity index is 1.54. The van der Waals surface area contributed by atoms with Crippen LogP contribution in [0.3, 0.4) is 0 Å². The van der Waals surface area contributed by atoms with E-state index in [-0.39, 0.29) is 5.91 Å². The molecule has 108 valence electrons. The van der Waals surface area contributed by atoms with Gasteiger partial charge in [-0.2, -0.15) is 0 Å². The number of carbonyl (C=O) groups is 1. The summed E-state index contributed by atoms with van der Waals surface area (Å²) in [7, 11) is 0. The number of hydrogen-bond donors (Lipinski definition) is 3. The molecule has 3 N–H and O–H groups in total. The first-order valence-corrected chi connectivity index (χ1v) is 7.59. The van der Waals surface area contributed by atoms with Gasteiger partial charge in [-0.1, -0.05) is 0 Å². The highest BCUT2D eigenvalue weighted by atomic mass is 16.3. The van der Waals surface area contributed by atoms with Crippen LogP contribution in [0, 0.1) is 5.92 Å². The van der Waals surface area contributed by atoms with Gasteiger partial charge in [0.05, 0.1) is 5.60 Å². The van der Waals surface area contributed by atoms with Crippen LogP contribution in [-0.4, -0.2) is 60.3 Å². The monoisotopic (exact) mass is 267 g/mol. The van der Waals surface area contributed by atoms with Crippen molar-refractivity contribution < 1.29 is 9.90 Å². The number of β-amino-alcohol motifs (C(OH)–C–C–N with tert-alkyl or cyclic N) is 1. The van der Waals surface area contributed by atoms with E-state index < -0.39 is 5.60 Å². The van der Waals surface area contributed by atoms with E-state index in [0.29, 0.717) is 18.4 Å². The lowest BCUT2D eigenvalue weighted by Crippen LogP contribution is -2.57. The Morgan fingerprint density at radius 1 is 1.32 bits per heavy atom. The van der Waals surface area contributed by atoms with Gasteiger partial charge in [-0.3, -0.25) is 4.79 Å². The van der Waals surface area contributed by atoms with Gasteiger partial charge in [0.1, 0.15) is 0 Å². The molecular formula is C14H25N3O2. The fourth-order valence-electron chi connectivity index (χ4n) is 3.80. The van der Waals surface area contributed by atoms with Gasteiger partial charge in [0.15, 0.2) is 0 Å². The molecule has 2 atom stereocenters.